The second-order valence-electron chi connectivity index (χ2n) is 2.03. The normalized spacial score (nSPS) is 9.50. The molecule has 3 heteroatoms. The van der Waals surface area contributed by atoms with Gasteiger partial charge in [-0.1, -0.05) is 15.9 Å². The minimum absolute atomic E-state index is 0.711. The van der Waals surface area contributed by atoms with Crippen LogP contribution in [-0.2, 0) is 0 Å². The van der Waals surface area contributed by atoms with E-state index in [2.05, 4.69) is 20.8 Å². The van der Waals surface area contributed by atoms with Crippen molar-refractivity contribution in [3.05, 3.63) is 28.2 Å². The Labute approximate surface area is 68.1 Å². The lowest BCUT2D eigenvalue weighted by molar-refractivity contribution is 0.332. The van der Waals surface area contributed by atoms with Gasteiger partial charge < -0.3 is 4.84 Å². The van der Waals surface area contributed by atoms with Crippen molar-refractivity contribution in [3.8, 4) is 5.75 Å². The zero-order valence-corrected chi connectivity index (χ0v) is 7.18. The van der Waals surface area contributed by atoms with Gasteiger partial charge >= 0.3 is 0 Å². The lowest BCUT2D eigenvalue weighted by atomic mass is 10.2. The highest BCUT2D eigenvalue weighted by Gasteiger charge is 1.96. The Morgan fingerprint density at radius 3 is 2.70 bits per heavy atom. The maximum Gasteiger partial charge on any atom is 0.149 e. The second kappa shape index (κ2) is 3.03. The number of benzene rings is 1. The van der Waals surface area contributed by atoms with Crippen molar-refractivity contribution in [1.82, 2.24) is 0 Å². The smallest absolute Gasteiger partial charge is 0.149 e. The van der Waals surface area contributed by atoms with E-state index in [1.807, 2.05) is 25.1 Å². The maximum atomic E-state index is 4.99. The van der Waals surface area contributed by atoms with E-state index in [9.17, 15) is 0 Å². The summed E-state index contributed by atoms with van der Waals surface area (Å²) in [7, 11) is 0. The molecule has 2 nitrogen and oxygen atoms in total. The van der Waals surface area contributed by atoms with Crippen LogP contribution in [0.5, 0.6) is 5.75 Å². The average molecular weight is 202 g/mol. The number of nitrogens with two attached hydrogens (primary N) is 1. The standard InChI is InChI=1S/C7H8BrNO/c1-5-4-6(8)2-3-7(5)10-9/h2-4H,9H2,1H3. The number of aryl methyl sites for hydroxylation is 1. The van der Waals surface area contributed by atoms with Gasteiger partial charge in [0.25, 0.3) is 0 Å². The van der Waals surface area contributed by atoms with E-state index in [-0.39, 0.29) is 0 Å². The first-order chi connectivity index (χ1) is 4.74. The first kappa shape index (κ1) is 7.57. The molecule has 0 radical (unpaired) electrons. The molecule has 0 heterocycles. The highest BCUT2D eigenvalue weighted by molar-refractivity contribution is 9.10. The fourth-order valence-electron chi connectivity index (χ4n) is 0.745. The molecular weight excluding hydrogens is 194 g/mol. The molecule has 1 aromatic carbocycles. The largest absolute Gasteiger partial charge is 0.411 e. The Hall–Kier alpha value is -0.540. The van der Waals surface area contributed by atoms with Gasteiger partial charge in [0.2, 0.25) is 0 Å². The van der Waals surface area contributed by atoms with Crippen LogP contribution in [-0.4, -0.2) is 0 Å². The van der Waals surface area contributed by atoms with E-state index >= 15 is 0 Å². The highest BCUT2D eigenvalue weighted by atomic mass is 79.9. The number of halogens is 1. The average Bonchev–Trinajstić information content (AvgIpc) is 1.88. The molecule has 54 valence electrons. The maximum absolute atomic E-state index is 4.99. The van der Waals surface area contributed by atoms with E-state index in [0.29, 0.717) is 5.75 Å². The molecule has 0 bridgehead atoms. The van der Waals surface area contributed by atoms with Gasteiger partial charge in [-0.25, -0.2) is 0 Å². The molecule has 0 fully saturated rings. The Morgan fingerprint density at radius 1 is 1.50 bits per heavy atom. The predicted molar refractivity (Wildman–Crippen MR) is 43.7 cm³/mol. The Morgan fingerprint density at radius 2 is 2.20 bits per heavy atom. The summed E-state index contributed by atoms with van der Waals surface area (Å²) in [6.45, 7) is 1.94. The van der Waals surface area contributed by atoms with Crippen LogP contribution in [0.4, 0.5) is 0 Å². The lowest BCUT2D eigenvalue weighted by Crippen LogP contribution is -2.02. The molecule has 0 spiro atoms. The van der Waals surface area contributed by atoms with Crippen molar-refractivity contribution < 1.29 is 4.84 Å². The zero-order chi connectivity index (χ0) is 7.56. The third-order valence-corrected chi connectivity index (χ3v) is 1.76. The summed E-state index contributed by atoms with van der Waals surface area (Å²) < 4.78 is 1.03. The van der Waals surface area contributed by atoms with Crippen molar-refractivity contribution in [2.24, 2.45) is 5.90 Å². The van der Waals surface area contributed by atoms with Gasteiger partial charge in [0.15, 0.2) is 0 Å². The molecule has 0 unspecified atom stereocenters. The first-order valence-electron chi connectivity index (χ1n) is 2.87. The minimum atomic E-state index is 0.711. The third-order valence-electron chi connectivity index (χ3n) is 1.26. The van der Waals surface area contributed by atoms with Crippen molar-refractivity contribution in [3.63, 3.8) is 0 Å². The quantitative estimate of drug-likeness (QED) is 0.707. The summed E-state index contributed by atoms with van der Waals surface area (Å²) in [6.07, 6.45) is 0. The Kier molecular flexibility index (Phi) is 2.29. The van der Waals surface area contributed by atoms with E-state index < -0.39 is 0 Å². The minimum Gasteiger partial charge on any atom is -0.411 e. The summed E-state index contributed by atoms with van der Waals surface area (Å²) in [5.74, 6) is 5.70. The van der Waals surface area contributed by atoms with Crippen molar-refractivity contribution in [1.29, 1.82) is 0 Å². The summed E-state index contributed by atoms with van der Waals surface area (Å²) in [5.41, 5.74) is 1.02. The number of rotatable bonds is 1. The molecule has 0 aromatic heterocycles. The molecule has 0 saturated carbocycles. The summed E-state index contributed by atoms with van der Waals surface area (Å²) in [5, 5.41) is 0. The van der Waals surface area contributed by atoms with Gasteiger partial charge in [-0.2, -0.15) is 5.90 Å². The summed E-state index contributed by atoms with van der Waals surface area (Å²) in [4.78, 5) is 4.58. The molecule has 1 aromatic rings. The fourth-order valence-corrected chi connectivity index (χ4v) is 1.22. The van der Waals surface area contributed by atoms with Crippen LogP contribution in [0.2, 0.25) is 0 Å². The SMILES string of the molecule is Cc1cc(Br)ccc1ON. The van der Waals surface area contributed by atoms with E-state index in [1.165, 1.54) is 0 Å². The summed E-state index contributed by atoms with van der Waals surface area (Å²) in [6, 6.07) is 5.65. The van der Waals surface area contributed by atoms with Gasteiger partial charge in [0, 0.05) is 4.47 Å². The predicted octanol–water partition coefficient (Wildman–Crippen LogP) is 2.01. The Balaban J connectivity index is 3.07. The van der Waals surface area contributed by atoms with Crippen LogP contribution in [0.25, 0.3) is 0 Å². The van der Waals surface area contributed by atoms with Crippen molar-refractivity contribution in [2.75, 3.05) is 0 Å². The van der Waals surface area contributed by atoms with Crippen molar-refractivity contribution >= 4 is 15.9 Å². The molecular formula is C7H8BrNO. The van der Waals surface area contributed by atoms with Crippen LogP contribution < -0.4 is 10.7 Å². The molecule has 0 aliphatic rings. The van der Waals surface area contributed by atoms with Crippen molar-refractivity contribution in [2.45, 2.75) is 6.92 Å². The monoisotopic (exact) mass is 201 g/mol. The van der Waals surface area contributed by atoms with Gasteiger partial charge in [-0.05, 0) is 30.7 Å². The van der Waals surface area contributed by atoms with E-state index in [0.717, 1.165) is 10.0 Å². The topological polar surface area (TPSA) is 35.2 Å². The molecule has 0 atom stereocenters. The number of hydrogen-bond donors (Lipinski definition) is 1. The molecule has 0 aliphatic carbocycles. The second-order valence-corrected chi connectivity index (χ2v) is 2.94. The number of hydrogen-bond acceptors (Lipinski definition) is 2. The molecule has 1 rings (SSSR count). The fraction of sp³-hybridized carbons (Fsp3) is 0.143. The zero-order valence-electron chi connectivity index (χ0n) is 5.60. The van der Waals surface area contributed by atoms with Crippen LogP contribution in [0.15, 0.2) is 22.7 Å². The molecule has 0 amide bonds. The summed E-state index contributed by atoms with van der Waals surface area (Å²) >= 11 is 3.33. The molecule has 0 saturated heterocycles. The third kappa shape index (κ3) is 1.49. The van der Waals surface area contributed by atoms with Crippen LogP contribution in [0.1, 0.15) is 5.56 Å². The van der Waals surface area contributed by atoms with Gasteiger partial charge in [-0.15, -0.1) is 0 Å². The first-order valence-corrected chi connectivity index (χ1v) is 3.66. The molecule has 10 heavy (non-hydrogen) atoms. The molecule has 2 N–H and O–H groups in total. The molecule has 0 aliphatic heterocycles. The van der Waals surface area contributed by atoms with Gasteiger partial charge in [0.1, 0.15) is 5.75 Å². The lowest BCUT2D eigenvalue weighted by Gasteiger charge is -2.01. The van der Waals surface area contributed by atoms with Crippen LogP contribution in [0.3, 0.4) is 0 Å². The van der Waals surface area contributed by atoms with Crippen LogP contribution in [0, 0.1) is 6.92 Å². The van der Waals surface area contributed by atoms with Gasteiger partial charge in [-0.3, -0.25) is 0 Å². The van der Waals surface area contributed by atoms with Crippen LogP contribution >= 0.6 is 15.9 Å². The van der Waals surface area contributed by atoms with E-state index in [1.54, 1.807) is 0 Å². The van der Waals surface area contributed by atoms with Gasteiger partial charge in [0.05, 0.1) is 0 Å². The Bertz CT molecular complexity index is 237. The highest BCUT2D eigenvalue weighted by Crippen LogP contribution is 2.20. The van der Waals surface area contributed by atoms with E-state index in [4.69, 9.17) is 5.90 Å².